The van der Waals surface area contributed by atoms with Crippen molar-refractivity contribution in [3.05, 3.63) is 72.3 Å². The lowest BCUT2D eigenvalue weighted by Crippen LogP contribution is -2.52. The Morgan fingerprint density at radius 3 is 2.42 bits per heavy atom. The monoisotopic (exact) mass is 541 g/mol. The first-order valence-corrected chi connectivity index (χ1v) is 13.0. The number of nitrogens with zero attached hydrogens (tertiary/aromatic N) is 1. The Kier molecular flexibility index (Phi) is 7.91. The van der Waals surface area contributed by atoms with Gasteiger partial charge in [-0.15, -0.1) is 0 Å². The minimum atomic E-state index is -4.38. The Balaban J connectivity index is 1.56. The number of fused-ring (bicyclic) bond motifs is 1. The number of urea groups is 1. The highest BCUT2D eigenvalue weighted by molar-refractivity contribution is 7.90. The van der Waals surface area contributed by atoms with Gasteiger partial charge in [-0.3, -0.25) is 4.79 Å². The molecule has 0 bridgehead atoms. The Morgan fingerprint density at radius 1 is 0.974 bits per heavy atom. The molecule has 0 saturated carbocycles. The zero-order valence-corrected chi connectivity index (χ0v) is 21.8. The van der Waals surface area contributed by atoms with Crippen molar-refractivity contribution >= 4 is 27.6 Å². The molecule has 1 unspecified atom stereocenters. The van der Waals surface area contributed by atoms with E-state index < -0.39 is 28.0 Å². The highest BCUT2D eigenvalue weighted by atomic mass is 32.2. The number of rotatable bonds is 9. The molecule has 1 aliphatic heterocycles. The molecule has 0 radical (unpaired) electrons. The Labute approximate surface area is 220 Å². The number of likely N-dealkylation sites (N-methyl/N-ethyl adjacent to an activating group) is 1. The van der Waals surface area contributed by atoms with Gasteiger partial charge in [-0.05, 0) is 29.8 Å². The summed E-state index contributed by atoms with van der Waals surface area (Å²) in [6.07, 6.45) is 0.116. The van der Waals surface area contributed by atoms with Gasteiger partial charge in [-0.2, -0.15) is 0 Å². The number of hydrogen-bond donors (Lipinski definition) is 2. The van der Waals surface area contributed by atoms with Crippen molar-refractivity contribution in [2.75, 3.05) is 33.0 Å². The van der Waals surface area contributed by atoms with Crippen LogP contribution in [0.1, 0.15) is 5.56 Å². The van der Waals surface area contributed by atoms with Crippen LogP contribution < -0.4 is 33.9 Å². The molecule has 11 nitrogen and oxygen atoms in total. The van der Waals surface area contributed by atoms with E-state index in [0.29, 0.717) is 17.2 Å². The van der Waals surface area contributed by atoms with Crippen molar-refractivity contribution in [2.24, 2.45) is 0 Å². The quantitative estimate of drug-likeness (QED) is 0.423. The van der Waals surface area contributed by atoms with E-state index in [1.165, 1.54) is 37.3 Å². The second-order valence-corrected chi connectivity index (χ2v) is 9.92. The van der Waals surface area contributed by atoms with Crippen LogP contribution in [0.5, 0.6) is 23.0 Å². The third kappa shape index (κ3) is 5.92. The molecule has 4 rings (SSSR count). The smallest absolute Gasteiger partial charge is 0.329 e. The maximum absolute atomic E-state index is 13.5. The van der Waals surface area contributed by atoms with Gasteiger partial charge in [0, 0.05) is 31.3 Å². The average molecular weight is 542 g/mol. The van der Waals surface area contributed by atoms with Crippen LogP contribution in [0.25, 0.3) is 0 Å². The lowest BCUT2D eigenvalue weighted by molar-refractivity contribution is -0.120. The largest absolute Gasteiger partial charge is 0.497 e. The predicted octanol–water partition coefficient (Wildman–Crippen LogP) is 2.69. The molecule has 3 aromatic carbocycles. The van der Waals surface area contributed by atoms with Crippen molar-refractivity contribution in [3.63, 3.8) is 0 Å². The molecule has 0 aliphatic carbocycles. The maximum atomic E-state index is 13.5. The zero-order chi connectivity index (χ0) is 27.3. The summed E-state index contributed by atoms with van der Waals surface area (Å²) in [5.74, 6) is 0.857. The normalized spacial score (nSPS) is 12.8. The average Bonchev–Trinajstić information content (AvgIpc) is 3.40. The van der Waals surface area contributed by atoms with Crippen molar-refractivity contribution in [1.29, 1.82) is 0 Å². The number of nitrogens with one attached hydrogen (secondary N) is 2. The standard InChI is InChI=1S/C26H27N3O8S/c1-29(18-9-11-21-23(14-18)37-16-36-21)25(30)20(13-17-7-5-4-6-8-17)27-26(31)28-38(32,33)24-15-19(34-2)10-12-22(24)35-3/h4-12,14-15,20H,13,16H2,1-3H3,(H2,27,28,31). The number of benzene rings is 3. The fourth-order valence-corrected chi connectivity index (χ4v) is 4.96. The molecule has 2 N–H and O–H groups in total. The summed E-state index contributed by atoms with van der Waals surface area (Å²) in [7, 11) is -0.139. The second kappa shape index (κ2) is 11.3. The van der Waals surface area contributed by atoms with Gasteiger partial charge in [-0.1, -0.05) is 30.3 Å². The summed E-state index contributed by atoms with van der Waals surface area (Å²) in [6.45, 7) is 0.0847. The molecule has 3 amide bonds. The zero-order valence-electron chi connectivity index (χ0n) is 21.0. The van der Waals surface area contributed by atoms with E-state index in [1.54, 1.807) is 49.5 Å². The Hall–Kier alpha value is -4.45. The number of ether oxygens (including phenoxy) is 4. The first kappa shape index (κ1) is 26.6. The van der Waals surface area contributed by atoms with Crippen LogP contribution in [-0.4, -0.2) is 54.5 Å². The fourth-order valence-electron chi connectivity index (χ4n) is 3.86. The summed E-state index contributed by atoms with van der Waals surface area (Å²) in [5.41, 5.74) is 1.27. The van der Waals surface area contributed by atoms with Crippen LogP contribution in [0.15, 0.2) is 71.6 Å². The first-order valence-electron chi connectivity index (χ1n) is 11.5. The minimum absolute atomic E-state index is 0.0190. The number of amides is 3. The lowest BCUT2D eigenvalue weighted by Gasteiger charge is -2.25. The number of hydrogen-bond acceptors (Lipinski definition) is 8. The highest BCUT2D eigenvalue weighted by Crippen LogP contribution is 2.35. The minimum Gasteiger partial charge on any atom is -0.497 e. The molecule has 1 heterocycles. The van der Waals surface area contributed by atoms with Gasteiger partial charge in [0.25, 0.3) is 10.0 Å². The van der Waals surface area contributed by atoms with Crippen molar-refractivity contribution in [2.45, 2.75) is 17.4 Å². The van der Waals surface area contributed by atoms with E-state index in [4.69, 9.17) is 18.9 Å². The number of carbonyl (C=O) groups is 2. The van der Waals surface area contributed by atoms with Crippen LogP contribution in [0.4, 0.5) is 10.5 Å². The van der Waals surface area contributed by atoms with Gasteiger partial charge >= 0.3 is 6.03 Å². The Morgan fingerprint density at radius 2 is 1.71 bits per heavy atom. The predicted molar refractivity (Wildman–Crippen MR) is 138 cm³/mol. The summed E-state index contributed by atoms with van der Waals surface area (Å²) >= 11 is 0. The topological polar surface area (TPSA) is 132 Å². The molecule has 200 valence electrons. The van der Waals surface area contributed by atoms with Gasteiger partial charge in [0.2, 0.25) is 12.7 Å². The van der Waals surface area contributed by atoms with Gasteiger partial charge in [-0.25, -0.2) is 17.9 Å². The van der Waals surface area contributed by atoms with Crippen LogP contribution in [0, 0.1) is 0 Å². The number of carbonyl (C=O) groups excluding carboxylic acids is 2. The SMILES string of the molecule is COc1ccc(OC)c(S(=O)(=O)NC(=O)NC(Cc2ccccc2)C(=O)N(C)c2ccc3c(c2)OCO3)c1. The third-order valence-electron chi connectivity index (χ3n) is 5.85. The number of methoxy groups -OCH3 is 2. The van der Waals surface area contributed by atoms with Crippen LogP contribution in [-0.2, 0) is 21.2 Å². The van der Waals surface area contributed by atoms with Crippen molar-refractivity contribution in [1.82, 2.24) is 10.0 Å². The highest BCUT2D eigenvalue weighted by Gasteiger charge is 2.29. The molecular formula is C26H27N3O8S. The van der Waals surface area contributed by atoms with Gasteiger partial charge in [0.15, 0.2) is 11.5 Å². The molecule has 1 atom stereocenters. The summed E-state index contributed by atoms with van der Waals surface area (Å²) < 4.78 is 49.0. The van der Waals surface area contributed by atoms with Gasteiger partial charge in [0.1, 0.15) is 22.4 Å². The fraction of sp³-hybridized carbons (Fsp3) is 0.231. The van der Waals surface area contributed by atoms with Crippen LogP contribution in [0.2, 0.25) is 0 Å². The molecule has 3 aromatic rings. The van der Waals surface area contributed by atoms with Crippen LogP contribution in [0.3, 0.4) is 0 Å². The van der Waals surface area contributed by atoms with E-state index in [0.717, 1.165) is 5.56 Å². The number of anilines is 1. The molecular weight excluding hydrogens is 514 g/mol. The van der Waals surface area contributed by atoms with Gasteiger partial charge < -0.3 is 29.2 Å². The molecule has 0 saturated heterocycles. The lowest BCUT2D eigenvalue weighted by atomic mass is 10.0. The first-order chi connectivity index (χ1) is 18.2. The number of sulfonamides is 1. The van der Waals surface area contributed by atoms with Gasteiger partial charge in [0.05, 0.1) is 14.2 Å². The second-order valence-electron chi connectivity index (χ2n) is 8.27. The molecule has 38 heavy (non-hydrogen) atoms. The maximum Gasteiger partial charge on any atom is 0.329 e. The van der Waals surface area contributed by atoms with E-state index in [2.05, 4.69) is 5.32 Å². The molecule has 0 spiro atoms. The van der Waals surface area contributed by atoms with E-state index >= 15 is 0 Å². The van der Waals surface area contributed by atoms with Crippen LogP contribution >= 0.6 is 0 Å². The summed E-state index contributed by atoms with van der Waals surface area (Å²) in [6, 6.07) is 16.0. The summed E-state index contributed by atoms with van der Waals surface area (Å²) in [4.78, 5) is 27.5. The molecule has 0 fully saturated rings. The summed E-state index contributed by atoms with van der Waals surface area (Å²) in [5, 5.41) is 2.51. The van der Waals surface area contributed by atoms with Crippen molar-refractivity contribution in [3.8, 4) is 23.0 Å². The van der Waals surface area contributed by atoms with E-state index in [1.807, 2.05) is 10.8 Å². The Bertz CT molecular complexity index is 1430. The van der Waals surface area contributed by atoms with E-state index in [9.17, 15) is 18.0 Å². The third-order valence-corrected chi connectivity index (χ3v) is 7.20. The van der Waals surface area contributed by atoms with E-state index in [-0.39, 0.29) is 29.6 Å². The molecule has 12 heteroatoms. The molecule has 0 aromatic heterocycles. The molecule has 1 aliphatic rings. The van der Waals surface area contributed by atoms with Crippen molar-refractivity contribution < 1.29 is 37.0 Å².